The van der Waals surface area contributed by atoms with Gasteiger partial charge in [-0.3, -0.25) is 0 Å². The maximum absolute atomic E-state index is 13.8. The number of carbonyl (C=O) groups excluding carboxylic acids is 1. The highest BCUT2D eigenvalue weighted by Gasteiger charge is 2.39. The van der Waals surface area contributed by atoms with Gasteiger partial charge in [-0.15, -0.1) is 0 Å². The van der Waals surface area contributed by atoms with Crippen molar-refractivity contribution in [3.05, 3.63) is 29.7 Å². The van der Waals surface area contributed by atoms with Gasteiger partial charge in [0.05, 0.1) is 24.1 Å². The molecule has 2 aromatic rings. The van der Waals surface area contributed by atoms with Gasteiger partial charge in [-0.2, -0.15) is 5.10 Å². The minimum atomic E-state index is -2.65. The highest BCUT2D eigenvalue weighted by atomic mass is 19.3. The highest BCUT2D eigenvalue weighted by molar-refractivity contribution is 5.68. The zero-order chi connectivity index (χ0) is 24.1. The Morgan fingerprint density at radius 2 is 2.06 bits per heavy atom. The Kier molecular flexibility index (Phi) is 8.23. The van der Waals surface area contributed by atoms with Crippen LogP contribution in [0.3, 0.4) is 0 Å². The minimum absolute atomic E-state index is 0.161. The van der Waals surface area contributed by atoms with Gasteiger partial charge < -0.3 is 21.1 Å². The van der Waals surface area contributed by atoms with Crippen LogP contribution in [0.1, 0.15) is 76.6 Å². The lowest BCUT2D eigenvalue weighted by molar-refractivity contribution is -0.0500. The van der Waals surface area contributed by atoms with Gasteiger partial charge >= 0.3 is 6.09 Å². The number of ether oxygens (including phenoxy) is 1. The first kappa shape index (κ1) is 25.3. The Bertz CT molecular complexity index is 917. The molecule has 2 heterocycles. The largest absolute Gasteiger partial charge is 0.444 e. The first-order valence-corrected chi connectivity index (χ1v) is 11.7. The van der Waals surface area contributed by atoms with E-state index in [1.807, 2.05) is 6.07 Å². The number of imidazole rings is 1. The molecule has 0 radical (unpaired) electrons. The van der Waals surface area contributed by atoms with Gasteiger partial charge in [0.1, 0.15) is 5.60 Å². The molecule has 3 rings (SSSR count). The van der Waals surface area contributed by atoms with E-state index in [9.17, 15) is 13.6 Å². The molecule has 184 valence electrons. The van der Waals surface area contributed by atoms with Crippen molar-refractivity contribution in [2.75, 3.05) is 13.1 Å². The van der Waals surface area contributed by atoms with Crippen LogP contribution < -0.4 is 16.4 Å². The summed E-state index contributed by atoms with van der Waals surface area (Å²) in [5, 5.41) is 10.7. The van der Waals surface area contributed by atoms with E-state index in [2.05, 4.69) is 15.7 Å². The number of hydrogen-bond donors (Lipinski definition) is 3. The summed E-state index contributed by atoms with van der Waals surface area (Å²) in [6.45, 7) is 7.56. The smallest absolute Gasteiger partial charge is 0.408 e. The lowest BCUT2D eigenvalue weighted by Gasteiger charge is -2.33. The fourth-order valence-electron chi connectivity index (χ4n) is 4.07. The Morgan fingerprint density at radius 1 is 1.33 bits per heavy atom. The third-order valence-corrected chi connectivity index (χ3v) is 5.76. The number of rotatable bonds is 9. The third kappa shape index (κ3) is 7.60. The number of halogens is 2. The Labute approximate surface area is 193 Å². The van der Waals surface area contributed by atoms with Crippen LogP contribution in [0, 0.1) is 5.92 Å². The Hall–Kier alpha value is -2.33. The molecule has 0 spiro atoms. The van der Waals surface area contributed by atoms with Crippen molar-refractivity contribution in [1.29, 1.82) is 0 Å². The summed E-state index contributed by atoms with van der Waals surface area (Å²) in [6, 6.07) is 1.40. The number of fused-ring (bicyclic) bond motifs is 1. The molecule has 0 aliphatic heterocycles. The lowest BCUT2D eigenvalue weighted by atomic mass is 9.81. The van der Waals surface area contributed by atoms with Crippen molar-refractivity contribution in [2.24, 2.45) is 11.7 Å². The fourth-order valence-corrected chi connectivity index (χ4v) is 4.07. The number of unbranched alkanes of at least 4 members (excludes halogenated alkanes) is 1. The van der Waals surface area contributed by atoms with E-state index in [0.717, 1.165) is 24.9 Å². The normalized spacial score (nSPS) is 17.8. The molecule has 8 nitrogen and oxygen atoms in total. The maximum atomic E-state index is 13.8. The number of hydrogen-bond acceptors (Lipinski definition) is 6. The fraction of sp³-hybridized carbons (Fsp3) is 0.696. The molecular formula is C23H36F2N6O2. The number of alkyl carbamates (subject to hydrolysis) is 1. The molecule has 1 amide bonds. The summed E-state index contributed by atoms with van der Waals surface area (Å²) >= 11 is 0. The number of nitrogens with two attached hydrogens (primary N) is 1. The number of aromatic nitrogens is 3. The zero-order valence-corrected chi connectivity index (χ0v) is 19.7. The van der Waals surface area contributed by atoms with E-state index < -0.39 is 23.7 Å². The first-order valence-electron chi connectivity index (χ1n) is 11.7. The van der Waals surface area contributed by atoms with Gasteiger partial charge in [-0.25, -0.2) is 23.1 Å². The van der Waals surface area contributed by atoms with Gasteiger partial charge in [0.25, 0.3) is 0 Å². The van der Waals surface area contributed by atoms with E-state index in [1.165, 1.54) is 0 Å². The topological polar surface area (TPSA) is 107 Å². The second-order valence-corrected chi connectivity index (χ2v) is 9.82. The molecule has 1 saturated carbocycles. The standard InChI is InChI=1S/C23H36F2N6O2/c1-22(2,3)33-21(32)30-20(17-6-8-23(24,25)9-7-17)18-15-31-19(29-18)12-16(14-28-31)13-27-11-5-4-10-26/h12,14-15,17,20,27H,4-11,13,26H2,1-3H3,(H,30,32)/t20-/m0/s1. The average molecular weight is 467 g/mol. The molecule has 0 aromatic carbocycles. The Morgan fingerprint density at radius 3 is 2.73 bits per heavy atom. The number of carbonyl (C=O) groups is 1. The number of amides is 1. The maximum Gasteiger partial charge on any atom is 0.408 e. The zero-order valence-electron chi connectivity index (χ0n) is 19.7. The highest BCUT2D eigenvalue weighted by Crippen LogP contribution is 2.41. The SMILES string of the molecule is CC(C)(C)OC(=O)N[C@H](c1cn2ncc(CNCCCCN)cc2n1)C1CCC(F)(F)CC1. The van der Waals surface area contributed by atoms with E-state index >= 15 is 0 Å². The lowest BCUT2D eigenvalue weighted by Crippen LogP contribution is -2.40. The first-order chi connectivity index (χ1) is 15.6. The van der Waals surface area contributed by atoms with Crippen molar-refractivity contribution < 1.29 is 18.3 Å². The summed E-state index contributed by atoms with van der Waals surface area (Å²) < 4.78 is 34.6. The van der Waals surface area contributed by atoms with E-state index in [1.54, 1.807) is 37.7 Å². The number of alkyl halides is 2. The predicted molar refractivity (Wildman–Crippen MR) is 122 cm³/mol. The van der Waals surface area contributed by atoms with Crippen LogP contribution in [0.15, 0.2) is 18.5 Å². The van der Waals surface area contributed by atoms with Crippen LogP contribution in [-0.4, -0.2) is 45.3 Å². The number of nitrogens with one attached hydrogen (secondary N) is 2. The van der Waals surface area contributed by atoms with Crippen LogP contribution in [-0.2, 0) is 11.3 Å². The predicted octanol–water partition coefficient (Wildman–Crippen LogP) is 3.95. The van der Waals surface area contributed by atoms with Gasteiger partial charge in [-0.1, -0.05) is 0 Å². The van der Waals surface area contributed by atoms with Gasteiger partial charge in [0, 0.05) is 19.4 Å². The van der Waals surface area contributed by atoms with Crippen LogP contribution >= 0.6 is 0 Å². The van der Waals surface area contributed by atoms with Crippen molar-refractivity contribution in [1.82, 2.24) is 25.2 Å². The van der Waals surface area contributed by atoms with Gasteiger partial charge in [-0.05, 0) is 77.1 Å². The number of nitrogens with zero attached hydrogens (tertiary/aromatic N) is 3. The van der Waals surface area contributed by atoms with Crippen LogP contribution in [0.25, 0.3) is 5.65 Å². The van der Waals surface area contributed by atoms with Crippen molar-refractivity contribution in [3.8, 4) is 0 Å². The van der Waals surface area contributed by atoms with Crippen molar-refractivity contribution in [2.45, 2.75) is 83.4 Å². The third-order valence-electron chi connectivity index (χ3n) is 5.76. The summed E-state index contributed by atoms with van der Waals surface area (Å²) in [6.07, 6.45) is 5.13. The molecule has 0 saturated heterocycles. The molecule has 10 heteroatoms. The molecule has 2 aromatic heterocycles. The summed E-state index contributed by atoms with van der Waals surface area (Å²) in [5.41, 5.74) is 7.08. The molecule has 1 aliphatic carbocycles. The molecule has 33 heavy (non-hydrogen) atoms. The van der Waals surface area contributed by atoms with Crippen LogP contribution in [0.5, 0.6) is 0 Å². The molecule has 0 bridgehead atoms. The minimum Gasteiger partial charge on any atom is -0.444 e. The van der Waals surface area contributed by atoms with Gasteiger partial charge in [0.2, 0.25) is 5.92 Å². The van der Waals surface area contributed by atoms with Crippen molar-refractivity contribution in [3.63, 3.8) is 0 Å². The summed E-state index contributed by atoms with van der Waals surface area (Å²) in [5.74, 6) is -2.81. The Balaban J connectivity index is 1.76. The van der Waals surface area contributed by atoms with Crippen LogP contribution in [0.2, 0.25) is 0 Å². The van der Waals surface area contributed by atoms with E-state index in [4.69, 9.17) is 15.5 Å². The molecule has 1 atom stereocenters. The second-order valence-electron chi connectivity index (χ2n) is 9.82. The molecular weight excluding hydrogens is 430 g/mol. The van der Waals surface area contributed by atoms with Gasteiger partial charge in [0.15, 0.2) is 5.65 Å². The molecule has 4 N–H and O–H groups in total. The van der Waals surface area contributed by atoms with E-state index in [0.29, 0.717) is 37.3 Å². The molecule has 0 unspecified atom stereocenters. The van der Waals surface area contributed by atoms with Crippen LogP contribution in [0.4, 0.5) is 13.6 Å². The monoisotopic (exact) mass is 466 g/mol. The summed E-state index contributed by atoms with van der Waals surface area (Å²) in [7, 11) is 0. The molecule has 1 aliphatic rings. The average Bonchev–Trinajstić information content (AvgIpc) is 3.14. The second kappa shape index (κ2) is 10.7. The quantitative estimate of drug-likeness (QED) is 0.483. The van der Waals surface area contributed by atoms with Crippen molar-refractivity contribution >= 4 is 11.7 Å². The molecule has 1 fully saturated rings. The summed E-state index contributed by atoms with van der Waals surface area (Å²) in [4.78, 5) is 17.2. The van der Waals surface area contributed by atoms with E-state index in [-0.39, 0.29) is 18.8 Å².